The van der Waals surface area contributed by atoms with Crippen LogP contribution in [0.1, 0.15) is 57.0 Å². The number of hydrogen-bond acceptors (Lipinski definition) is 3. The van der Waals surface area contributed by atoms with Crippen LogP contribution in [0.5, 0.6) is 5.75 Å². The predicted molar refractivity (Wildman–Crippen MR) is 81.2 cm³/mol. The molecule has 0 saturated carbocycles. The maximum atomic E-state index is 11.9. The van der Waals surface area contributed by atoms with E-state index >= 15 is 0 Å². The van der Waals surface area contributed by atoms with E-state index in [2.05, 4.69) is 23.3 Å². The Morgan fingerprint density at radius 2 is 1.80 bits per heavy atom. The molecule has 20 heavy (non-hydrogen) atoms. The van der Waals surface area contributed by atoms with Crippen LogP contribution in [-0.4, -0.2) is 27.7 Å². The van der Waals surface area contributed by atoms with Gasteiger partial charge in [-0.1, -0.05) is 12.8 Å². The summed E-state index contributed by atoms with van der Waals surface area (Å²) in [6.07, 6.45) is 4.98. The molecule has 0 unspecified atom stereocenters. The van der Waals surface area contributed by atoms with Crippen molar-refractivity contribution < 1.29 is 5.11 Å². The van der Waals surface area contributed by atoms with Crippen molar-refractivity contribution >= 4 is 0 Å². The Morgan fingerprint density at radius 1 is 1.20 bits per heavy atom. The molecule has 2 heterocycles. The van der Waals surface area contributed by atoms with Crippen LogP contribution in [0.3, 0.4) is 0 Å². The lowest BCUT2D eigenvalue weighted by Gasteiger charge is -2.26. The molecule has 1 fully saturated rings. The van der Waals surface area contributed by atoms with Gasteiger partial charge in [0.15, 0.2) is 5.75 Å². The lowest BCUT2D eigenvalue weighted by atomic mass is 10.2. The highest BCUT2D eigenvalue weighted by molar-refractivity contribution is 5.30. The van der Waals surface area contributed by atoms with E-state index < -0.39 is 0 Å². The van der Waals surface area contributed by atoms with Crippen molar-refractivity contribution in [2.45, 2.75) is 59.0 Å². The summed E-state index contributed by atoms with van der Waals surface area (Å²) in [5, 5.41) is 10.2. The zero-order chi connectivity index (χ0) is 14.7. The Balaban J connectivity index is 2.35. The molecule has 0 bridgehead atoms. The highest BCUT2D eigenvalue weighted by atomic mass is 16.3. The summed E-state index contributed by atoms with van der Waals surface area (Å²) in [4.78, 5) is 14.2. The monoisotopic (exact) mass is 278 g/mol. The molecule has 1 saturated heterocycles. The van der Waals surface area contributed by atoms with E-state index in [1.54, 1.807) is 0 Å². The molecule has 0 amide bonds. The van der Waals surface area contributed by atoms with Crippen molar-refractivity contribution in [2.24, 2.45) is 0 Å². The van der Waals surface area contributed by atoms with Gasteiger partial charge in [-0.05, 0) is 46.7 Å². The van der Waals surface area contributed by atoms with Crippen molar-refractivity contribution in [1.82, 2.24) is 9.47 Å². The second kappa shape index (κ2) is 6.44. The van der Waals surface area contributed by atoms with E-state index in [0.29, 0.717) is 6.54 Å². The number of aromatic hydroxyl groups is 1. The molecule has 4 heteroatoms. The minimum Gasteiger partial charge on any atom is -0.503 e. The summed E-state index contributed by atoms with van der Waals surface area (Å²) in [5.41, 5.74) is 1.43. The van der Waals surface area contributed by atoms with Crippen molar-refractivity contribution in [2.75, 3.05) is 13.1 Å². The number of rotatable bonds is 3. The van der Waals surface area contributed by atoms with Gasteiger partial charge in [-0.25, -0.2) is 0 Å². The maximum Gasteiger partial charge on any atom is 0.223 e. The first-order chi connectivity index (χ1) is 9.50. The van der Waals surface area contributed by atoms with Gasteiger partial charge in [0.25, 0.3) is 0 Å². The fourth-order valence-corrected chi connectivity index (χ4v) is 3.17. The van der Waals surface area contributed by atoms with Crippen LogP contribution in [0.15, 0.2) is 10.9 Å². The van der Waals surface area contributed by atoms with Crippen molar-refractivity contribution in [1.29, 1.82) is 0 Å². The molecule has 1 aliphatic heterocycles. The molecule has 0 atom stereocenters. The van der Waals surface area contributed by atoms with E-state index in [0.717, 1.165) is 24.5 Å². The Labute approximate surface area is 121 Å². The number of nitrogens with zero attached hydrogens (tertiary/aromatic N) is 2. The summed E-state index contributed by atoms with van der Waals surface area (Å²) in [7, 11) is 0. The second-order valence-corrected chi connectivity index (χ2v) is 6.10. The Hall–Kier alpha value is -1.29. The van der Waals surface area contributed by atoms with Crippen LogP contribution in [0.2, 0.25) is 0 Å². The van der Waals surface area contributed by atoms with Gasteiger partial charge in [0, 0.05) is 24.3 Å². The number of hydrogen-bond donors (Lipinski definition) is 1. The minimum absolute atomic E-state index is 0.0754. The molecule has 0 aromatic carbocycles. The molecule has 0 radical (unpaired) electrons. The fourth-order valence-electron chi connectivity index (χ4n) is 3.17. The van der Waals surface area contributed by atoms with E-state index in [9.17, 15) is 9.90 Å². The van der Waals surface area contributed by atoms with Gasteiger partial charge in [0.1, 0.15) is 0 Å². The summed E-state index contributed by atoms with van der Waals surface area (Å²) in [5.74, 6) is -0.0754. The van der Waals surface area contributed by atoms with Crippen LogP contribution in [0.4, 0.5) is 0 Å². The first kappa shape index (κ1) is 15.1. The molecular weight excluding hydrogens is 252 g/mol. The average molecular weight is 278 g/mol. The smallest absolute Gasteiger partial charge is 0.223 e. The molecule has 0 aliphatic carbocycles. The zero-order valence-corrected chi connectivity index (χ0v) is 12.9. The van der Waals surface area contributed by atoms with E-state index in [1.165, 1.54) is 31.7 Å². The highest BCUT2D eigenvalue weighted by Crippen LogP contribution is 2.22. The van der Waals surface area contributed by atoms with Gasteiger partial charge in [-0.2, -0.15) is 0 Å². The molecule has 1 N–H and O–H groups in total. The third kappa shape index (κ3) is 3.23. The molecule has 1 aromatic heterocycles. The summed E-state index contributed by atoms with van der Waals surface area (Å²) >= 11 is 0. The third-order valence-electron chi connectivity index (χ3n) is 4.11. The Kier molecular flexibility index (Phi) is 4.86. The standard InChI is InChI=1S/C16H26N2O2/c1-12(2)18-13(3)10-15(19)16(20)14(18)11-17-8-6-4-5-7-9-17/h10,12,20H,4-9,11H2,1-3H3. The second-order valence-electron chi connectivity index (χ2n) is 6.10. The fraction of sp³-hybridized carbons (Fsp3) is 0.688. The van der Waals surface area contributed by atoms with Gasteiger partial charge in [0.05, 0.1) is 5.69 Å². The molecule has 1 aliphatic rings. The topological polar surface area (TPSA) is 45.5 Å². The van der Waals surface area contributed by atoms with Gasteiger partial charge in [-0.15, -0.1) is 0 Å². The lowest BCUT2D eigenvalue weighted by Crippen LogP contribution is -2.28. The van der Waals surface area contributed by atoms with E-state index in [4.69, 9.17) is 0 Å². The number of aromatic nitrogens is 1. The van der Waals surface area contributed by atoms with E-state index in [-0.39, 0.29) is 17.2 Å². The van der Waals surface area contributed by atoms with Crippen LogP contribution in [0.25, 0.3) is 0 Å². The molecular formula is C16H26N2O2. The van der Waals surface area contributed by atoms with Gasteiger partial charge < -0.3 is 9.67 Å². The van der Waals surface area contributed by atoms with Crippen molar-refractivity contribution in [3.8, 4) is 5.75 Å². The average Bonchev–Trinajstić information content (AvgIpc) is 2.63. The summed E-state index contributed by atoms with van der Waals surface area (Å²) in [6.45, 7) is 8.89. The largest absolute Gasteiger partial charge is 0.503 e. The molecule has 2 rings (SSSR count). The molecule has 0 spiro atoms. The number of aryl methyl sites for hydroxylation is 1. The predicted octanol–water partition coefficient (Wildman–Crippen LogP) is 2.82. The first-order valence-corrected chi connectivity index (χ1v) is 7.67. The lowest BCUT2D eigenvalue weighted by molar-refractivity contribution is 0.260. The zero-order valence-electron chi connectivity index (χ0n) is 12.9. The van der Waals surface area contributed by atoms with Crippen molar-refractivity contribution in [3.63, 3.8) is 0 Å². The minimum atomic E-state index is -0.260. The van der Waals surface area contributed by atoms with Gasteiger partial charge in [0.2, 0.25) is 5.43 Å². The third-order valence-corrected chi connectivity index (χ3v) is 4.11. The Morgan fingerprint density at radius 3 is 2.35 bits per heavy atom. The van der Waals surface area contributed by atoms with Crippen LogP contribution in [0, 0.1) is 6.92 Å². The first-order valence-electron chi connectivity index (χ1n) is 7.67. The summed E-state index contributed by atoms with van der Waals surface area (Å²) in [6, 6.07) is 1.77. The maximum absolute atomic E-state index is 11.9. The molecule has 1 aromatic rings. The number of likely N-dealkylation sites (tertiary alicyclic amines) is 1. The van der Waals surface area contributed by atoms with Gasteiger partial charge >= 0.3 is 0 Å². The normalized spacial score (nSPS) is 17.4. The molecule has 112 valence electrons. The van der Waals surface area contributed by atoms with Crippen LogP contribution in [-0.2, 0) is 6.54 Å². The quantitative estimate of drug-likeness (QED) is 0.924. The summed E-state index contributed by atoms with van der Waals surface area (Å²) < 4.78 is 2.08. The number of pyridine rings is 1. The highest BCUT2D eigenvalue weighted by Gasteiger charge is 2.18. The SMILES string of the molecule is Cc1cc(=O)c(O)c(CN2CCCCCC2)n1C(C)C. The van der Waals surface area contributed by atoms with Crippen LogP contribution < -0.4 is 5.43 Å². The Bertz CT molecular complexity index is 512. The van der Waals surface area contributed by atoms with Gasteiger partial charge in [-0.3, -0.25) is 9.69 Å². The van der Waals surface area contributed by atoms with Crippen LogP contribution >= 0.6 is 0 Å². The molecule has 4 nitrogen and oxygen atoms in total. The van der Waals surface area contributed by atoms with E-state index in [1.807, 2.05) is 6.92 Å². The van der Waals surface area contributed by atoms with Crippen molar-refractivity contribution in [3.05, 3.63) is 27.7 Å².